The molecule has 2 aromatic rings. The number of piperazine rings is 1. The highest BCUT2D eigenvalue weighted by molar-refractivity contribution is 9.10. The summed E-state index contributed by atoms with van der Waals surface area (Å²) < 4.78 is 0.977. The van der Waals surface area contributed by atoms with Gasteiger partial charge in [-0.1, -0.05) is 42.8 Å². The summed E-state index contributed by atoms with van der Waals surface area (Å²) in [6.45, 7) is 8.10. The largest absolute Gasteiger partial charge is 0.350 e. The Labute approximate surface area is 150 Å². The van der Waals surface area contributed by atoms with E-state index in [4.69, 9.17) is 0 Å². The van der Waals surface area contributed by atoms with Crippen LogP contribution in [0.1, 0.15) is 31.3 Å². The highest BCUT2D eigenvalue weighted by atomic mass is 79.9. The normalized spacial score (nSPS) is 15.8. The molecule has 0 spiro atoms. The summed E-state index contributed by atoms with van der Waals surface area (Å²) in [6, 6.07) is 7.79. The molecule has 3 rings (SSSR count). The second-order valence-electron chi connectivity index (χ2n) is 7.25. The summed E-state index contributed by atoms with van der Waals surface area (Å²) in [5, 5.41) is 1.02. The van der Waals surface area contributed by atoms with E-state index >= 15 is 0 Å². The minimum atomic E-state index is -0.378. The molecule has 1 aromatic carbocycles. The van der Waals surface area contributed by atoms with Crippen LogP contribution in [-0.4, -0.2) is 52.8 Å². The molecule has 128 valence electrons. The summed E-state index contributed by atoms with van der Waals surface area (Å²) in [7, 11) is 0. The van der Waals surface area contributed by atoms with Crippen molar-refractivity contribution in [1.29, 1.82) is 0 Å². The number of carbonyl (C=O) groups excluding carboxylic acids is 2. The maximum Gasteiger partial charge on any atom is 0.270 e. The summed E-state index contributed by atoms with van der Waals surface area (Å²) in [5.41, 5.74) is 1.16. The summed E-state index contributed by atoms with van der Waals surface area (Å²) in [6.07, 6.45) is 0. The molecule has 1 aliphatic heterocycles. The van der Waals surface area contributed by atoms with Crippen LogP contribution in [-0.2, 0) is 4.79 Å². The molecule has 0 bridgehead atoms. The van der Waals surface area contributed by atoms with Crippen LogP contribution in [0.4, 0.5) is 0 Å². The van der Waals surface area contributed by atoms with E-state index in [1.165, 1.54) is 0 Å². The SMILES string of the molecule is CC(C)(C)C(=O)N1CCN(C(=O)c2cc3ccc(Br)cc3[nH]2)CC1. The van der Waals surface area contributed by atoms with Gasteiger partial charge in [0, 0.05) is 47.0 Å². The lowest BCUT2D eigenvalue weighted by Gasteiger charge is -2.37. The predicted octanol–water partition coefficient (Wildman–Crippen LogP) is 3.26. The first-order chi connectivity index (χ1) is 11.3. The number of rotatable bonds is 1. The number of amides is 2. The van der Waals surface area contributed by atoms with Crippen molar-refractivity contribution in [2.45, 2.75) is 20.8 Å². The predicted molar refractivity (Wildman–Crippen MR) is 97.9 cm³/mol. The van der Waals surface area contributed by atoms with Gasteiger partial charge in [0.1, 0.15) is 5.69 Å². The Morgan fingerprint density at radius 1 is 1.04 bits per heavy atom. The van der Waals surface area contributed by atoms with Crippen LogP contribution in [0.25, 0.3) is 10.9 Å². The van der Waals surface area contributed by atoms with E-state index in [0.717, 1.165) is 15.4 Å². The number of carbonyl (C=O) groups is 2. The molecule has 6 heteroatoms. The molecule has 24 heavy (non-hydrogen) atoms. The third-order valence-corrected chi connectivity index (χ3v) is 4.80. The van der Waals surface area contributed by atoms with Crippen molar-refractivity contribution in [3.05, 3.63) is 34.4 Å². The van der Waals surface area contributed by atoms with Crippen LogP contribution in [0.5, 0.6) is 0 Å². The Hall–Kier alpha value is -1.82. The highest BCUT2D eigenvalue weighted by Gasteiger charge is 2.31. The van der Waals surface area contributed by atoms with Gasteiger partial charge in [-0.2, -0.15) is 0 Å². The van der Waals surface area contributed by atoms with Gasteiger partial charge in [-0.05, 0) is 18.2 Å². The molecule has 5 nitrogen and oxygen atoms in total. The third kappa shape index (κ3) is 3.34. The van der Waals surface area contributed by atoms with Gasteiger partial charge < -0.3 is 14.8 Å². The number of hydrogen-bond donors (Lipinski definition) is 1. The van der Waals surface area contributed by atoms with Crippen LogP contribution < -0.4 is 0 Å². The van der Waals surface area contributed by atoms with E-state index in [1.54, 1.807) is 0 Å². The monoisotopic (exact) mass is 391 g/mol. The topological polar surface area (TPSA) is 56.4 Å². The number of halogens is 1. The van der Waals surface area contributed by atoms with Crippen LogP contribution in [0.15, 0.2) is 28.7 Å². The third-order valence-electron chi connectivity index (χ3n) is 4.31. The molecule has 0 radical (unpaired) electrons. The molecule has 1 aliphatic rings. The minimum Gasteiger partial charge on any atom is -0.350 e. The first kappa shape index (κ1) is 17.0. The average molecular weight is 392 g/mol. The van der Waals surface area contributed by atoms with Gasteiger partial charge >= 0.3 is 0 Å². The Morgan fingerprint density at radius 2 is 1.67 bits per heavy atom. The number of H-pyrrole nitrogens is 1. The molecule has 1 fully saturated rings. The summed E-state index contributed by atoms with van der Waals surface area (Å²) in [4.78, 5) is 31.9. The molecule has 0 atom stereocenters. The van der Waals surface area contributed by atoms with Crippen LogP contribution in [0.2, 0.25) is 0 Å². The van der Waals surface area contributed by atoms with E-state index < -0.39 is 0 Å². The molecule has 1 aromatic heterocycles. The quantitative estimate of drug-likeness (QED) is 0.810. The first-order valence-corrected chi connectivity index (χ1v) is 8.92. The van der Waals surface area contributed by atoms with E-state index in [-0.39, 0.29) is 17.2 Å². The van der Waals surface area contributed by atoms with Crippen molar-refractivity contribution in [1.82, 2.24) is 14.8 Å². The Morgan fingerprint density at radius 3 is 2.29 bits per heavy atom. The molecule has 2 amide bonds. The van der Waals surface area contributed by atoms with Gasteiger partial charge in [-0.15, -0.1) is 0 Å². The molecule has 0 saturated carbocycles. The molecule has 2 heterocycles. The highest BCUT2D eigenvalue weighted by Crippen LogP contribution is 2.22. The number of aromatic amines is 1. The second-order valence-corrected chi connectivity index (χ2v) is 8.16. The lowest BCUT2D eigenvalue weighted by Crippen LogP contribution is -2.53. The number of benzene rings is 1. The van der Waals surface area contributed by atoms with Crippen molar-refractivity contribution in [2.24, 2.45) is 5.41 Å². The average Bonchev–Trinajstić information content (AvgIpc) is 2.95. The fraction of sp³-hybridized carbons (Fsp3) is 0.444. The van der Waals surface area contributed by atoms with Crippen LogP contribution >= 0.6 is 15.9 Å². The molecule has 1 saturated heterocycles. The number of fused-ring (bicyclic) bond motifs is 1. The van der Waals surface area contributed by atoms with Gasteiger partial charge in [0.05, 0.1) is 0 Å². The Kier molecular flexibility index (Phi) is 4.42. The van der Waals surface area contributed by atoms with Gasteiger partial charge in [0.15, 0.2) is 0 Å². The van der Waals surface area contributed by atoms with Crippen molar-refractivity contribution >= 4 is 38.6 Å². The van der Waals surface area contributed by atoms with Gasteiger partial charge in [0.2, 0.25) is 5.91 Å². The zero-order chi connectivity index (χ0) is 17.5. The van der Waals surface area contributed by atoms with E-state index in [0.29, 0.717) is 31.9 Å². The van der Waals surface area contributed by atoms with Gasteiger partial charge in [0.25, 0.3) is 5.91 Å². The van der Waals surface area contributed by atoms with E-state index in [1.807, 2.05) is 54.8 Å². The van der Waals surface area contributed by atoms with Crippen molar-refractivity contribution in [2.75, 3.05) is 26.2 Å². The van der Waals surface area contributed by atoms with Crippen LogP contribution in [0.3, 0.4) is 0 Å². The standard InChI is InChI=1S/C18H22BrN3O2/c1-18(2,3)17(24)22-8-6-21(7-9-22)16(23)15-10-12-4-5-13(19)11-14(12)20-15/h4-5,10-11,20H,6-9H2,1-3H3. The lowest BCUT2D eigenvalue weighted by atomic mass is 9.94. The molecule has 1 N–H and O–H groups in total. The lowest BCUT2D eigenvalue weighted by molar-refractivity contribution is -0.140. The first-order valence-electron chi connectivity index (χ1n) is 8.12. The Bertz CT molecular complexity index is 783. The van der Waals surface area contributed by atoms with Crippen molar-refractivity contribution in [3.63, 3.8) is 0 Å². The fourth-order valence-electron chi connectivity index (χ4n) is 2.97. The van der Waals surface area contributed by atoms with Crippen molar-refractivity contribution < 1.29 is 9.59 Å². The number of nitrogens with one attached hydrogen (secondary N) is 1. The second kappa shape index (κ2) is 6.24. The smallest absolute Gasteiger partial charge is 0.270 e. The van der Waals surface area contributed by atoms with Crippen LogP contribution in [0, 0.1) is 5.41 Å². The number of aromatic nitrogens is 1. The maximum atomic E-state index is 12.7. The zero-order valence-electron chi connectivity index (χ0n) is 14.2. The minimum absolute atomic E-state index is 0.00909. The summed E-state index contributed by atoms with van der Waals surface area (Å²) >= 11 is 3.44. The maximum absolute atomic E-state index is 12.7. The fourth-order valence-corrected chi connectivity index (χ4v) is 3.33. The van der Waals surface area contributed by atoms with E-state index in [2.05, 4.69) is 20.9 Å². The number of nitrogens with zero attached hydrogens (tertiary/aromatic N) is 2. The summed E-state index contributed by atoms with van der Waals surface area (Å²) in [5.74, 6) is 0.134. The molecular formula is C18H22BrN3O2. The molecular weight excluding hydrogens is 370 g/mol. The Balaban J connectivity index is 1.69. The molecule has 0 unspecified atom stereocenters. The van der Waals surface area contributed by atoms with Crippen molar-refractivity contribution in [3.8, 4) is 0 Å². The van der Waals surface area contributed by atoms with E-state index in [9.17, 15) is 9.59 Å². The molecule has 0 aliphatic carbocycles. The zero-order valence-corrected chi connectivity index (χ0v) is 15.8. The van der Waals surface area contributed by atoms with Gasteiger partial charge in [-0.3, -0.25) is 9.59 Å². The number of hydrogen-bond acceptors (Lipinski definition) is 2. The van der Waals surface area contributed by atoms with Gasteiger partial charge in [-0.25, -0.2) is 0 Å².